The zero-order chi connectivity index (χ0) is 14.5. The van der Waals surface area contributed by atoms with Gasteiger partial charge in [0.2, 0.25) is 0 Å². The molecule has 1 aliphatic heterocycles. The highest BCUT2D eigenvalue weighted by atomic mass is 16.5. The van der Waals surface area contributed by atoms with Crippen LogP contribution in [0.3, 0.4) is 0 Å². The van der Waals surface area contributed by atoms with Crippen LogP contribution in [-0.2, 0) is 0 Å². The predicted molar refractivity (Wildman–Crippen MR) is 85.0 cm³/mol. The highest BCUT2D eigenvalue weighted by molar-refractivity contribution is 5.44. The van der Waals surface area contributed by atoms with Crippen LogP contribution in [0.15, 0.2) is 18.2 Å². The van der Waals surface area contributed by atoms with Crippen LogP contribution in [-0.4, -0.2) is 19.8 Å². The molecule has 1 fully saturated rings. The summed E-state index contributed by atoms with van der Waals surface area (Å²) in [6.07, 6.45) is 7.98. The fourth-order valence-electron chi connectivity index (χ4n) is 3.30. The molecule has 1 aliphatic carbocycles. The van der Waals surface area contributed by atoms with Crippen LogP contribution in [0.1, 0.15) is 57.1 Å². The maximum atomic E-state index is 5.78. The molecule has 3 nitrogen and oxygen atoms in total. The molecule has 1 atom stereocenters. The Kier molecular flexibility index (Phi) is 5.02. The van der Waals surface area contributed by atoms with Gasteiger partial charge in [0.05, 0.1) is 13.2 Å². The van der Waals surface area contributed by atoms with Gasteiger partial charge in [0.15, 0.2) is 11.5 Å². The van der Waals surface area contributed by atoms with E-state index in [2.05, 4.69) is 30.4 Å². The largest absolute Gasteiger partial charge is 0.490 e. The summed E-state index contributed by atoms with van der Waals surface area (Å²) in [5, 5.41) is 3.69. The summed E-state index contributed by atoms with van der Waals surface area (Å²) in [7, 11) is 0. The first kappa shape index (κ1) is 14.7. The first-order valence-corrected chi connectivity index (χ1v) is 8.46. The van der Waals surface area contributed by atoms with E-state index in [1.54, 1.807) is 0 Å². The lowest BCUT2D eigenvalue weighted by Crippen LogP contribution is -2.27. The number of nitrogens with one attached hydrogen (secondary N) is 1. The molecule has 1 N–H and O–H groups in total. The standard InChI is InChI=1S/C18H27NO2/c1-14(19-13-15-6-3-2-4-7-15)16-8-9-17-18(12-16)21-11-5-10-20-17/h8-9,12,14-15,19H,2-7,10-11,13H2,1H3. The van der Waals surface area contributed by atoms with Crippen molar-refractivity contribution in [3.63, 3.8) is 0 Å². The van der Waals surface area contributed by atoms with Gasteiger partial charge in [-0.15, -0.1) is 0 Å². The monoisotopic (exact) mass is 289 g/mol. The molecular formula is C18H27NO2. The van der Waals surface area contributed by atoms with Gasteiger partial charge in [-0.1, -0.05) is 25.3 Å². The van der Waals surface area contributed by atoms with Gasteiger partial charge in [0.1, 0.15) is 0 Å². The Morgan fingerprint density at radius 2 is 1.81 bits per heavy atom. The average molecular weight is 289 g/mol. The molecule has 1 aromatic carbocycles. The Labute approximate surface area is 128 Å². The molecule has 3 heteroatoms. The maximum Gasteiger partial charge on any atom is 0.161 e. The minimum absolute atomic E-state index is 0.365. The van der Waals surface area contributed by atoms with Crippen molar-refractivity contribution in [2.75, 3.05) is 19.8 Å². The third-order valence-electron chi connectivity index (χ3n) is 4.71. The van der Waals surface area contributed by atoms with E-state index in [-0.39, 0.29) is 0 Å². The van der Waals surface area contributed by atoms with Gasteiger partial charge in [-0.3, -0.25) is 0 Å². The molecule has 0 bridgehead atoms. The number of benzene rings is 1. The van der Waals surface area contributed by atoms with E-state index in [0.717, 1.165) is 43.6 Å². The fraction of sp³-hybridized carbons (Fsp3) is 0.667. The van der Waals surface area contributed by atoms with Crippen molar-refractivity contribution in [2.45, 2.75) is 51.5 Å². The highest BCUT2D eigenvalue weighted by Crippen LogP contribution is 2.32. The molecule has 2 aliphatic rings. The summed E-state index contributed by atoms with van der Waals surface area (Å²) >= 11 is 0. The first-order valence-electron chi connectivity index (χ1n) is 8.46. The molecule has 0 spiro atoms. The zero-order valence-electron chi connectivity index (χ0n) is 13.1. The molecule has 0 aromatic heterocycles. The Hall–Kier alpha value is -1.22. The maximum absolute atomic E-state index is 5.78. The van der Waals surface area contributed by atoms with Crippen molar-refractivity contribution >= 4 is 0 Å². The molecular weight excluding hydrogens is 262 g/mol. The fourth-order valence-corrected chi connectivity index (χ4v) is 3.30. The molecule has 0 radical (unpaired) electrons. The van der Waals surface area contributed by atoms with Gasteiger partial charge in [0.25, 0.3) is 0 Å². The highest BCUT2D eigenvalue weighted by Gasteiger charge is 2.16. The van der Waals surface area contributed by atoms with Crippen LogP contribution in [0.4, 0.5) is 0 Å². The van der Waals surface area contributed by atoms with Crippen LogP contribution < -0.4 is 14.8 Å². The molecule has 1 saturated carbocycles. The molecule has 3 rings (SSSR count). The van der Waals surface area contributed by atoms with Crippen molar-refractivity contribution in [2.24, 2.45) is 5.92 Å². The summed E-state index contributed by atoms with van der Waals surface area (Å²) in [6.45, 7) is 4.87. The predicted octanol–water partition coefficient (Wildman–Crippen LogP) is 4.08. The van der Waals surface area contributed by atoms with Crippen molar-refractivity contribution in [1.82, 2.24) is 5.32 Å². The van der Waals surface area contributed by atoms with Gasteiger partial charge in [0, 0.05) is 12.5 Å². The zero-order valence-corrected chi connectivity index (χ0v) is 13.1. The summed E-state index contributed by atoms with van der Waals surface area (Å²) in [5.74, 6) is 2.65. The van der Waals surface area contributed by atoms with Crippen LogP contribution in [0.25, 0.3) is 0 Å². The summed E-state index contributed by atoms with van der Waals surface area (Å²) < 4.78 is 11.5. The lowest BCUT2D eigenvalue weighted by atomic mass is 9.89. The van der Waals surface area contributed by atoms with E-state index in [4.69, 9.17) is 9.47 Å². The van der Waals surface area contributed by atoms with Gasteiger partial charge >= 0.3 is 0 Å². The summed E-state index contributed by atoms with van der Waals surface area (Å²) in [5.41, 5.74) is 1.29. The minimum atomic E-state index is 0.365. The smallest absolute Gasteiger partial charge is 0.161 e. The van der Waals surface area contributed by atoms with E-state index in [0.29, 0.717) is 6.04 Å². The van der Waals surface area contributed by atoms with Crippen molar-refractivity contribution in [1.29, 1.82) is 0 Å². The molecule has 21 heavy (non-hydrogen) atoms. The second kappa shape index (κ2) is 7.17. The lowest BCUT2D eigenvalue weighted by Gasteiger charge is -2.24. The van der Waals surface area contributed by atoms with E-state index in [1.165, 1.54) is 37.7 Å². The lowest BCUT2D eigenvalue weighted by molar-refractivity contribution is 0.297. The normalized spacial score (nSPS) is 20.8. The van der Waals surface area contributed by atoms with Crippen LogP contribution in [0, 0.1) is 5.92 Å². The Bertz CT molecular complexity index is 455. The van der Waals surface area contributed by atoms with Crippen molar-refractivity contribution in [3.05, 3.63) is 23.8 Å². The quantitative estimate of drug-likeness (QED) is 0.906. The Morgan fingerprint density at radius 1 is 1.05 bits per heavy atom. The summed E-state index contributed by atoms with van der Waals surface area (Å²) in [6, 6.07) is 6.71. The second-order valence-electron chi connectivity index (χ2n) is 6.39. The van der Waals surface area contributed by atoms with Crippen LogP contribution in [0.5, 0.6) is 11.5 Å². The molecule has 1 unspecified atom stereocenters. The minimum Gasteiger partial charge on any atom is -0.490 e. The number of ether oxygens (including phenoxy) is 2. The average Bonchev–Trinajstić information content (AvgIpc) is 2.78. The van der Waals surface area contributed by atoms with Crippen LogP contribution in [0.2, 0.25) is 0 Å². The van der Waals surface area contributed by atoms with Gasteiger partial charge in [-0.05, 0) is 49.9 Å². The third-order valence-corrected chi connectivity index (χ3v) is 4.71. The molecule has 0 amide bonds. The molecule has 1 heterocycles. The van der Waals surface area contributed by atoms with Gasteiger partial charge in [-0.2, -0.15) is 0 Å². The third kappa shape index (κ3) is 3.91. The first-order chi connectivity index (χ1) is 10.3. The van der Waals surface area contributed by atoms with E-state index >= 15 is 0 Å². The second-order valence-corrected chi connectivity index (χ2v) is 6.39. The van der Waals surface area contributed by atoms with Gasteiger partial charge in [-0.25, -0.2) is 0 Å². The Balaban J connectivity index is 1.58. The van der Waals surface area contributed by atoms with E-state index < -0.39 is 0 Å². The molecule has 0 saturated heterocycles. The molecule has 116 valence electrons. The van der Waals surface area contributed by atoms with Crippen LogP contribution >= 0.6 is 0 Å². The van der Waals surface area contributed by atoms with Gasteiger partial charge < -0.3 is 14.8 Å². The topological polar surface area (TPSA) is 30.5 Å². The number of fused-ring (bicyclic) bond motifs is 1. The van der Waals surface area contributed by atoms with E-state index in [1.807, 2.05) is 0 Å². The Morgan fingerprint density at radius 3 is 2.62 bits per heavy atom. The number of hydrogen-bond donors (Lipinski definition) is 1. The van der Waals surface area contributed by atoms with Crippen molar-refractivity contribution < 1.29 is 9.47 Å². The number of hydrogen-bond acceptors (Lipinski definition) is 3. The molecule has 1 aromatic rings. The number of rotatable bonds is 4. The SMILES string of the molecule is CC(NCC1CCCCC1)c1ccc2c(c1)OCCCO2. The van der Waals surface area contributed by atoms with E-state index in [9.17, 15) is 0 Å². The van der Waals surface area contributed by atoms with Crippen molar-refractivity contribution in [3.8, 4) is 11.5 Å². The summed E-state index contributed by atoms with van der Waals surface area (Å²) in [4.78, 5) is 0.